The topological polar surface area (TPSA) is 52.9 Å². The molecule has 1 aromatic heterocycles. The maximum Gasteiger partial charge on any atom is 0.105 e. The molecule has 1 aromatic rings. The predicted molar refractivity (Wildman–Crippen MR) is 78.1 cm³/mol. The van der Waals surface area contributed by atoms with Crippen molar-refractivity contribution >= 4 is 0 Å². The van der Waals surface area contributed by atoms with Gasteiger partial charge in [0.15, 0.2) is 0 Å². The van der Waals surface area contributed by atoms with Gasteiger partial charge in [-0.2, -0.15) is 0 Å². The Labute approximate surface area is 121 Å². The number of hydrogen-bond acceptors (Lipinski definition) is 5. The summed E-state index contributed by atoms with van der Waals surface area (Å²) in [6, 6.07) is 2.35. The standard InChI is InChI=1S/C15H27NO4/c1-12-11-15(14(3)20-12)13(2)16-5-6-18-9-10-19-8-7-17-4/h11,13,16H,5-10H2,1-4H3. The molecule has 0 radical (unpaired) electrons. The molecule has 1 unspecified atom stereocenters. The second-order valence-corrected chi connectivity index (χ2v) is 4.76. The van der Waals surface area contributed by atoms with Crippen LogP contribution in [0, 0.1) is 13.8 Å². The minimum absolute atomic E-state index is 0.272. The summed E-state index contributed by atoms with van der Waals surface area (Å²) in [7, 11) is 1.66. The number of hydrogen-bond donors (Lipinski definition) is 1. The van der Waals surface area contributed by atoms with Gasteiger partial charge in [-0.05, 0) is 26.8 Å². The van der Waals surface area contributed by atoms with Gasteiger partial charge in [0.05, 0.1) is 33.0 Å². The molecule has 0 bridgehead atoms. The van der Waals surface area contributed by atoms with Crippen LogP contribution in [0.2, 0.25) is 0 Å². The summed E-state index contributed by atoms with van der Waals surface area (Å²) in [5.41, 5.74) is 1.21. The summed E-state index contributed by atoms with van der Waals surface area (Å²) in [4.78, 5) is 0. The van der Waals surface area contributed by atoms with Crippen molar-refractivity contribution in [3.8, 4) is 0 Å². The van der Waals surface area contributed by atoms with E-state index in [-0.39, 0.29) is 6.04 Å². The van der Waals surface area contributed by atoms with E-state index in [1.807, 2.05) is 13.8 Å². The van der Waals surface area contributed by atoms with Gasteiger partial charge in [-0.1, -0.05) is 0 Å². The van der Waals surface area contributed by atoms with Crippen LogP contribution in [-0.2, 0) is 14.2 Å². The molecule has 5 heteroatoms. The molecule has 5 nitrogen and oxygen atoms in total. The van der Waals surface area contributed by atoms with Gasteiger partial charge in [-0.15, -0.1) is 0 Å². The van der Waals surface area contributed by atoms with Gasteiger partial charge >= 0.3 is 0 Å². The Hall–Kier alpha value is -0.880. The molecule has 0 spiro atoms. The van der Waals surface area contributed by atoms with Crippen molar-refractivity contribution in [3.63, 3.8) is 0 Å². The molecule has 1 N–H and O–H groups in total. The first kappa shape index (κ1) is 17.2. The first-order valence-electron chi connectivity index (χ1n) is 7.10. The fourth-order valence-corrected chi connectivity index (χ4v) is 2.00. The lowest BCUT2D eigenvalue weighted by atomic mass is 10.1. The molecule has 0 saturated carbocycles. The highest BCUT2D eigenvalue weighted by Crippen LogP contribution is 2.20. The number of rotatable bonds is 11. The second-order valence-electron chi connectivity index (χ2n) is 4.76. The molecule has 20 heavy (non-hydrogen) atoms. The van der Waals surface area contributed by atoms with Gasteiger partial charge in [0, 0.05) is 25.3 Å². The van der Waals surface area contributed by atoms with E-state index in [2.05, 4.69) is 18.3 Å². The maximum absolute atomic E-state index is 5.53. The summed E-state index contributed by atoms with van der Waals surface area (Å²) in [6.07, 6.45) is 0. The Morgan fingerprint density at radius 3 is 2.35 bits per heavy atom. The van der Waals surface area contributed by atoms with Crippen LogP contribution < -0.4 is 5.32 Å². The summed E-state index contributed by atoms with van der Waals surface area (Å²) < 4.78 is 21.2. The fourth-order valence-electron chi connectivity index (χ4n) is 2.00. The second kappa shape index (κ2) is 9.94. The van der Waals surface area contributed by atoms with E-state index in [1.54, 1.807) is 7.11 Å². The number of methoxy groups -OCH3 is 1. The quantitative estimate of drug-likeness (QED) is 0.632. The summed E-state index contributed by atoms with van der Waals surface area (Å²) in [5.74, 6) is 1.94. The molecule has 1 heterocycles. The first-order chi connectivity index (χ1) is 9.65. The Balaban J connectivity index is 2.02. The van der Waals surface area contributed by atoms with Crippen molar-refractivity contribution in [1.29, 1.82) is 0 Å². The van der Waals surface area contributed by atoms with Crippen LogP contribution in [0.1, 0.15) is 30.0 Å². The van der Waals surface area contributed by atoms with E-state index in [4.69, 9.17) is 18.6 Å². The van der Waals surface area contributed by atoms with Crippen LogP contribution in [-0.4, -0.2) is 46.7 Å². The van der Waals surface area contributed by atoms with Crippen LogP contribution in [0.3, 0.4) is 0 Å². The van der Waals surface area contributed by atoms with E-state index >= 15 is 0 Å². The molecule has 1 atom stereocenters. The van der Waals surface area contributed by atoms with Crippen LogP contribution in [0.25, 0.3) is 0 Å². The highest BCUT2D eigenvalue weighted by atomic mass is 16.5. The van der Waals surface area contributed by atoms with Crippen molar-refractivity contribution in [2.45, 2.75) is 26.8 Å². The molecular weight excluding hydrogens is 258 g/mol. The lowest BCUT2D eigenvalue weighted by Gasteiger charge is -2.13. The molecule has 0 saturated heterocycles. The lowest BCUT2D eigenvalue weighted by Crippen LogP contribution is -2.24. The fraction of sp³-hybridized carbons (Fsp3) is 0.733. The van der Waals surface area contributed by atoms with Gasteiger partial charge in [0.25, 0.3) is 0 Å². The van der Waals surface area contributed by atoms with Gasteiger partial charge in [-0.3, -0.25) is 0 Å². The van der Waals surface area contributed by atoms with E-state index in [1.165, 1.54) is 5.56 Å². The largest absolute Gasteiger partial charge is 0.466 e. The molecule has 0 aromatic carbocycles. The zero-order chi connectivity index (χ0) is 14.8. The molecule has 1 rings (SSSR count). The Bertz CT molecular complexity index is 365. The minimum atomic E-state index is 0.272. The van der Waals surface area contributed by atoms with Crippen molar-refractivity contribution in [2.75, 3.05) is 46.7 Å². The monoisotopic (exact) mass is 285 g/mol. The number of furan rings is 1. The van der Waals surface area contributed by atoms with Crippen LogP contribution in [0.15, 0.2) is 10.5 Å². The zero-order valence-electron chi connectivity index (χ0n) is 13.0. The predicted octanol–water partition coefficient (Wildman–Crippen LogP) is 2.23. The average molecular weight is 285 g/mol. The third-order valence-electron chi connectivity index (χ3n) is 3.05. The molecule has 0 aliphatic carbocycles. The number of nitrogens with one attached hydrogen (secondary N) is 1. The first-order valence-corrected chi connectivity index (χ1v) is 7.10. The van der Waals surface area contributed by atoms with Crippen molar-refractivity contribution in [3.05, 3.63) is 23.2 Å². The molecule has 0 aliphatic heterocycles. The Morgan fingerprint density at radius 2 is 1.75 bits per heavy atom. The van der Waals surface area contributed by atoms with Crippen LogP contribution >= 0.6 is 0 Å². The van der Waals surface area contributed by atoms with E-state index in [9.17, 15) is 0 Å². The zero-order valence-corrected chi connectivity index (χ0v) is 13.0. The normalized spacial score (nSPS) is 12.8. The minimum Gasteiger partial charge on any atom is -0.466 e. The van der Waals surface area contributed by atoms with Crippen molar-refractivity contribution in [2.24, 2.45) is 0 Å². The number of ether oxygens (including phenoxy) is 3. The summed E-state index contributed by atoms with van der Waals surface area (Å²) in [6.45, 7) is 10.0. The Kier molecular flexibility index (Phi) is 8.53. The van der Waals surface area contributed by atoms with Crippen molar-refractivity contribution < 1.29 is 18.6 Å². The summed E-state index contributed by atoms with van der Waals surface area (Å²) >= 11 is 0. The van der Waals surface area contributed by atoms with Gasteiger partial charge in [-0.25, -0.2) is 0 Å². The smallest absolute Gasteiger partial charge is 0.105 e. The van der Waals surface area contributed by atoms with Gasteiger partial charge < -0.3 is 23.9 Å². The van der Waals surface area contributed by atoms with Gasteiger partial charge in [0.1, 0.15) is 11.5 Å². The third-order valence-corrected chi connectivity index (χ3v) is 3.05. The highest BCUT2D eigenvalue weighted by Gasteiger charge is 2.11. The molecule has 0 amide bonds. The highest BCUT2D eigenvalue weighted by molar-refractivity contribution is 5.23. The van der Waals surface area contributed by atoms with E-state index < -0.39 is 0 Å². The Morgan fingerprint density at radius 1 is 1.10 bits per heavy atom. The average Bonchev–Trinajstić information content (AvgIpc) is 2.75. The third kappa shape index (κ3) is 6.52. The number of aryl methyl sites for hydroxylation is 2. The van der Waals surface area contributed by atoms with E-state index in [0.29, 0.717) is 33.0 Å². The van der Waals surface area contributed by atoms with Crippen LogP contribution in [0.4, 0.5) is 0 Å². The van der Waals surface area contributed by atoms with E-state index in [0.717, 1.165) is 18.1 Å². The van der Waals surface area contributed by atoms with Crippen LogP contribution in [0.5, 0.6) is 0 Å². The molecular formula is C15H27NO4. The maximum atomic E-state index is 5.53. The lowest BCUT2D eigenvalue weighted by molar-refractivity contribution is 0.0253. The van der Waals surface area contributed by atoms with Gasteiger partial charge in [0.2, 0.25) is 0 Å². The summed E-state index contributed by atoms with van der Waals surface area (Å²) in [5, 5.41) is 3.42. The molecule has 0 fully saturated rings. The molecule has 0 aliphatic rings. The van der Waals surface area contributed by atoms with Crippen molar-refractivity contribution in [1.82, 2.24) is 5.32 Å². The SMILES string of the molecule is COCCOCCOCCNC(C)c1cc(C)oc1C. The molecule has 116 valence electrons.